The smallest absolute Gasteiger partial charge is 0.311 e. The third kappa shape index (κ3) is 3.57. The molecule has 2 heterocycles. The van der Waals surface area contributed by atoms with Gasteiger partial charge in [0.1, 0.15) is 18.1 Å². The largest absolute Gasteiger partial charge is 0.481 e. The van der Waals surface area contributed by atoms with Gasteiger partial charge < -0.3 is 14.6 Å². The van der Waals surface area contributed by atoms with Gasteiger partial charge in [-0.2, -0.15) is 0 Å². The maximum atomic E-state index is 12.7. The van der Waals surface area contributed by atoms with E-state index in [0.29, 0.717) is 29.8 Å². The molecule has 0 radical (unpaired) electrons. The first kappa shape index (κ1) is 18.4. The van der Waals surface area contributed by atoms with Gasteiger partial charge in [-0.3, -0.25) is 9.59 Å². The van der Waals surface area contributed by atoms with Gasteiger partial charge in [-0.25, -0.2) is 13.4 Å². The van der Waals surface area contributed by atoms with Crippen molar-refractivity contribution in [3.63, 3.8) is 0 Å². The number of carbonyl (C=O) groups is 2. The van der Waals surface area contributed by atoms with Crippen LogP contribution in [0.15, 0.2) is 24.3 Å². The molecule has 1 saturated heterocycles. The van der Waals surface area contributed by atoms with E-state index in [1.165, 1.54) is 4.90 Å². The molecule has 1 aromatic carbocycles. The number of hydrogen-bond acceptors (Lipinski definition) is 5. The third-order valence-corrected chi connectivity index (χ3v) is 5.54. The summed E-state index contributed by atoms with van der Waals surface area (Å²) in [5.74, 6) is -1.12. The summed E-state index contributed by atoms with van der Waals surface area (Å²) < 4.78 is 25.0. The van der Waals surface area contributed by atoms with Crippen LogP contribution in [0.5, 0.6) is 0 Å². The molecule has 1 atom stereocenters. The van der Waals surface area contributed by atoms with Crippen molar-refractivity contribution in [3.8, 4) is 0 Å². The molecule has 26 heavy (non-hydrogen) atoms. The fraction of sp³-hybridized carbons (Fsp3) is 0.471. The summed E-state index contributed by atoms with van der Waals surface area (Å²) in [5, 5.41) is 9.32. The summed E-state index contributed by atoms with van der Waals surface area (Å²) in [5.41, 5.74) is 0.359. The van der Waals surface area contributed by atoms with E-state index in [2.05, 4.69) is 4.98 Å². The zero-order chi connectivity index (χ0) is 19.1. The molecule has 1 amide bonds. The van der Waals surface area contributed by atoms with Crippen molar-refractivity contribution in [1.82, 2.24) is 14.5 Å². The van der Waals surface area contributed by atoms with Gasteiger partial charge in [0.05, 0.1) is 16.4 Å². The number of aromatic nitrogens is 2. The van der Waals surface area contributed by atoms with Gasteiger partial charge in [0.15, 0.2) is 9.84 Å². The van der Waals surface area contributed by atoms with Gasteiger partial charge in [-0.05, 0) is 25.5 Å². The van der Waals surface area contributed by atoms with Gasteiger partial charge in [-0.1, -0.05) is 12.1 Å². The predicted molar refractivity (Wildman–Crippen MR) is 95.2 cm³/mol. The van der Waals surface area contributed by atoms with Crippen molar-refractivity contribution in [3.05, 3.63) is 30.1 Å². The van der Waals surface area contributed by atoms with Crippen LogP contribution >= 0.6 is 0 Å². The van der Waals surface area contributed by atoms with Crippen LogP contribution in [0.25, 0.3) is 11.0 Å². The molecule has 0 bridgehead atoms. The lowest BCUT2D eigenvalue weighted by Crippen LogP contribution is -2.36. The van der Waals surface area contributed by atoms with E-state index in [1.807, 2.05) is 0 Å². The molecule has 2 aromatic rings. The number of carboxylic acid groups (broad SMARTS) is 1. The highest BCUT2D eigenvalue weighted by Crippen LogP contribution is 2.30. The van der Waals surface area contributed by atoms with E-state index in [-0.39, 0.29) is 24.7 Å². The standard InChI is InChI=1S/C17H21N3O5S/c1-17(16(22)23)7-8-19(11-17)15(21)9-20-13-6-4-3-5-12(13)18-14(20)10-26(2,24)25/h3-6H,7-11H2,1-2H3,(H,22,23). The molecular weight excluding hydrogens is 358 g/mol. The topological polar surface area (TPSA) is 110 Å². The van der Waals surface area contributed by atoms with E-state index in [1.54, 1.807) is 35.8 Å². The summed E-state index contributed by atoms with van der Waals surface area (Å²) in [4.78, 5) is 30.0. The van der Waals surface area contributed by atoms with Crippen molar-refractivity contribution in [2.45, 2.75) is 25.6 Å². The van der Waals surface area contributed by atoms with Crippen LogP contribution in [0.2, 0.25) is 0 Å². The number of aliphatic carboxylic acids is 1. The summed E-state index contributed by atoms with van der Waals surface area (Å²) in [7, 11) is -3.32. The lowest BCUT2D eigenvalue weighted by molar-refractivity contribution is -0.147. The number of imidazole rings is 1. The van der Waals surface area contributed by atoms with Crippen molar-refractivity contribution in [1.29, 1.82) is 0 Å². The van der Waals surface area contributed by atoms with Gasteiger partial charge >= 0.3 is 5.97 Å². The first-order valence-corrected chi connectivity index (χ1v) is 10.3. The zero-order valence-corrected chi connectivity index (χ0v) is 15.5. The van der Waals surface area contributed by atoms with Gasteiger partial charge in [0, 0.05) is 19.3 Å². The van der Waals surface area contributed by atoms with E-state index in [9.17, 15) is 23.1 Å². The molecule has 9 heteroatoms. The van der Waals surface area contributed by atoms with Crippen molar-refractivity contribution >= 4 is 32.7 Å². The van der Waals surface area contributed by atoms with E-state index in [0.717, 1.165) is 6.26 Å². The number of nitrogens with zero attached hydrogens (tertiary/aromatic N) is 3. The second-order valence-corrected chi connectivity index (χ2v) is 9.24. The van der Waals surface area contributed by atoms with Crippen molar-refractivity contribution in [2.75, 3.05) is 19.3 Å². The van der Waals surface area contributed by atoms with Crippen LogP contribution in [0.3, 0.4) is 0 Å². The molecule has 1 N–H and O–H groups in total. The number of sulfone groups is 1. The molecule has 0 saturated carbocycles. The van der Waals surface area contributed by atoms with Crippen molar-refractivity contribution < 1.29 is 23.1 Å². The summed E-state index contributed by atoms with van der Waals surface area (Å²) >= 11 is 0. The highest BCUT2D eigenvalue weighted by molar-refractivity contribution is 7.89. The van der Waals surface area contributed by atoms with Crippen LogP contribution in [0, 0.1) is 5.41 Å². The first-order valence-electron chi connectivity index (χ1n) is 8.22. The normalized spacial score (nSPS) is 20.6. The molecular formula is C17H21N3O5S. The Kier molecular flexibility index (Phi) is 4.51. The Labute approximate surface area is 151 Å². The third-order valence-electron chi connectivity index (χ3n) is 4.76. The Morgan fingerprint density at radius 2 is 2.00 bits per heavy atom. The molecule has 1 fully saturated rings. The molecule has 1 aliphatic rings. The second kappa shape index (κ2) is 6.39. The number of hydrogen-bond donors (Lipinski definition) is 1. The Bertz CT molecular complexity index is 981. The molecule has 1 aromatic heterocycles. The summed E-state index contributed by atoms with van der Waals surface area (Å²) in [6, 6.07) is 7.14. The molecule has 3 rings (SSSR count). The van der Waals surface area contributed by atoms with Crippen LogP contribution in [0.4, 0.5) is 0 Å². The molecule has 1 unspecified atom stereocenters. The lowest BCUT2D eigenvalue weighted by Gasteiger charge is -2.21. The van der Waals surface area contributed by atoms with Crippen LogP contribution in [0.1, 0.15) is 19.2 Å². The number of likely N-dealkylation sites (tertiary alicyclic amines) is 1. The summed E-state index contributed by atoms with van der Waals surface area (Å²) in [6.45, 7) is 2.08. The fourth-order valence-electron chi connectivity index (χ4n) is 3.23. The molecule has 0 aliphatic carbocycles. The monoisotopic (exact) mass is 379 g/mol. The maximum Gasteiger partial charge on any atom is 0.311 e. The Morgan fingerprint density at radius 1 is 1.31 bits per heavy atom. The second-order valence-electron chi connectivity index (χ2n) is 7.10. The zero-order valence-electron chi connectivity index (χ0n) is 14.7. The predicted octanol–water partition coefficient (Wildman–Crippen LogP) is 0.904. The van der Waals surface area contributed by atoms with Crippen molar-refractivity contribution in [2.24, 2.45) is 5.41 Å². The quantitative estimate of drug-likeness (QED) is 0.827. The molecule has 1 aliphatic heterocycles. The van der Waals surface area contributed by atoms with Crippen LogP contribution in [-0.4, -0.2) is 59.2 Å². The average Bonchev–Trinajstić information content (AvgIpc) is 3.09. The molecule has 140 valence electrons. The number of benzene rings is 1. The average molecular weight is 379 g/mol. The van der Waals surface area contributed by atoms with Crippen LogP contribution in [-0.2, 0) is 31.7 Å². The number of rotatable bonds is 5. The van der Waals surface area contributed by atoms with E-state index >= 15 is 0 Å². The minimum Gasteiger partial charge on any atom is -0.481 e. The summed E-state index contributed by atoms with van der Waals surface area (Å²) in [6.07, 6.45) is 1.52. The Morgan fingerprint density at radius 3 is 2.62 bits per heavy atom. The van der Waals surface area contributed by atoms with E-state index in [4.69, 9.17) is 0 Å². The number of amides is 1. The SMILES string of the molecule is CC1(C(=O)O)CCN(C(=O)Cn2c(CS(C)(=O)=O)nc3ccccc32)C1. The first-order chi connectivity index (χ1) is 12.1. The van der Waals surface area contributed by atoms with Gasteiger partial charge in [0.25, 0.3) is 0 Å². The highest BCUT2D eigenvalue weighted by Gasteiger charge is 2.42. The van der Waals surface area contributed by atoms with E-state index < -0.39 is 21.2 Å². The number of para-hydroxylation sites is 2. The number of carboxylic acids is 1. The minimum atomic E-state index is -3.32. The Hall–Kier alpha value is -2.42. The lowest BCUT2D eigenvalue weighted by atomic mass is 9.90. The fourth-order valence-corrected chi connectivity index (χ4v) is 3.92. The number of carbonyl (C=O) groups excluding carboxylic acids is 1. The minimum absolute atomic E-state index is 0.0684. The van der Waals surface area contributed by atoms with Crippen LogP contribution < -0.4 is 0 Å². The van der Waals surface area contributed by atoms with Gasteiger partial charge in [0.2, 0.25) is 5.91 Å². The molecule has 0 spiro atoms. The van der Waals surface area contributed by atoms with Gasteiger partial charge in [-0.15, -0.1) is 0 Å². The maximum absolute atomic E-state index is 12.7. The molecule has 8 nitrogen and oxygen atoms in total. The Balaban J connectivity index is 1.89. The number of fused-ring (bicyclic) bond motifs is 1. The highest BCUT2D eigenvalue weighted by atomic mass is 32.2.